The lowest BCUT2D eigenvalue weighted by Gasteiger charge is -2.41. The normalized spacial score (nSPS) is 20.9. The van der Waals surface area contributed by atoms with E-state index in [1.165, 1.54) is 32.1 Å². The number of nitrogens with zero attached hydrogens (tertiary/aromatic N) is 1. The van der Waals surface area contributed by atoms with E-state index in [9.17, 15) is 4.79 Å². The smallest absolute Gasteiger partial charge is 0.265 e. The number of rotatable bonds is 3. The van der Waals surface area contributed by atoms with Crippen molar-refractivity contribution in [1.82, 2.24) is 0 Å². The van der Waals surface area contributed by atoms with Crippen LogP contribution >= 0.6 is 27.5 Å². The van der Waals surface area contributed by atoms with Crippen LogP contribution in [0.15, 0.2) is 18.2 Å². The van der Waals surface area contributed by atoms with Gasteiger partial charge in [0.15, 0.2) is 6.61 Å². The first-order valence-electron chi connectivity index (χ1n) is 7.42. The van der Waals surface area contributed by atoms with Gasteiger partial charge in [-0.25, -0.2) is 0 Å². The molecule has 0 saturated heterocycles. The number of fused-ring (bicyclic) bond motifs is 1. The highest BCUT2D eigenvalue weighted by atomic mass is 79.9. The minimum absolute atomic E-state index is 0.0238. The highest BCUT2D eigenvalue weighted by molar-refractivity contribution is 9.09. The highest BCUT2D eigenvalue weighted by Gasteiger charge is 2.37. The molecule has 3 nitrogen and oxygen atoms in total. The van der Waals surface area contributed by atoms with E-state index in [1.54, 1.807) is 6.07 Å². The van der Waals surface area contributed by atoms with Crippen molar-refractivity contribution in [2.75, 3.05) is 23.4 Å². The van der Waals surface area contributed by atoms with Crippen molar-refractivity contribution in [2.45, 2.75) is 32.1 Å². The molecule has 1 aromatic carbocycles. The maximum atomic E-state index is 12.3. The largest absolute Gasteiger partial charge is 0.482 e. The van der Waals surface area contributed by atoms with Gasteiger partial charge in [-0.2, -0.15) is 0 Å². The van der Waals surface area contributed by atoms with E-state index in [1.807, 2.05) is 17.0 Å². The summed E-state index contributed by atoms with van der Waals surface area (Å²) in [5.41, 5.74) is 0.981. The molecule has 2 aliphatic rings. The number of carbonyl (C=O) groups is 1. The van der Waals surface area contributed by atoms with Crippen LogP contribution in [-0.2, 0) is 4.79 Å². The van der Waals surface area contributed by atoms with Crippen molar-refractivity contribution < 1.29 is 9.53 Å². The molecule has 21 heavy (non-hydrogen) atoms. The van der Waals surface area contributed by atoms with Crippen LogP contribution in [0.3, 0.4) is 0 Å². The van der Waals surface area contributed by atoms with Crippen LogP contribution < -0.4 is 9.64 Å². The van der Waals surface area contributed by atoms with Gasteiger partial charge < -0.3 is 9.64 Å². The molecule has 1 aliphatic heterocycles. The van der Waals surface area contributed by atoms with Crippen molar-refractivity contribution in [2.24, 2.45) is 5.41 Å². The summed E-state index contributed by atoms with van der Waals surface area (Å²) >= 11 is 9.77. The molecular formula is C16H19BrClNO2. The van der Waals surface area contributed by atoms with Gasteiger partial charge in [-0.05, 0) is 36.5 Å². The molecule has 0 aromatic heterocycles. The number of hydrogen-bond donors (Lipinski definition) is 0. The van der Waals surface area contributed by atoms with Gasteiger partial charge in [0.25, 0.3) is 5.91 Å². The average Bonchev–Trinajstić information content (AvgIpc) is 2.51. The first-order chi connectivity index (χ1) is 10.1. The quantitative estimate of drug-likeness (QED) is 0.736. The molecule has 1 aromatic rings. The monoisotopic (exact) mass is 371 g/mol. The first-order valence-corrected chi connectivity index (χ1v) is 8.92. The molecule has 1 saturated carbocycles. The lowest BCUT2D eigenvalue weighted by Crippen LogP contribution is -2.47. The molecule has 114 valence electrons. The number of alkyl halides is 1. The third-order valence-corrected chi connectivity index (χ3v) is 5.98. The van der Waals surface area contributed by atoms with Gasteiger partial charge in [-0.15, -0.1) is 0 Å². The van der Waals surface area contributed by atoms with Gasteiger partial charge >= 0.3 is 0 Å². The van der Waals surface area contributed by atoms with Crippen LogP contribution in [0.25, 0.3) is 0 Å². The average molecular weight is 373 g/mol. The molecule has 3 rings (SSSR count). The maximum absolute atomic E-state index is 12.3. The Balaban J connectivity index is 1.90. The molecule has 0 atom stereocenters. The summed E-state index contributed by atoms with van der Waals surface area (Å²) in [7, 11) is 0. The Morgan fingerprint density at radius 2 is 2.05 bits per heavy atom. The first kappa shape index (κ1) is 15.2. The highest BCUT2D eigenvalue weighted by Crippen LogP contribution is 2.42. The van der Waals surface area contributed by atoms with E-state index < -0.39 is 0 Å². The topological polar surface area (TPSA) is 29.5 Å². The zero-order valence-electron chi connectivity index (χ0n) is 11.9. The predicted molar refractivity (Wildman–Crippen MR) is 88.6 cm³/mol. The molecular weight excluding hydrogens is 354 g/mol. The molecule has 1 fully saturated rings. The molecule has 1 heterocycles. The van der Waals surface area contributed by atoms with Crippen molar-refractivity contribution in [3.63, 3.8) is 0 Å². The van der Waals surface area contributed by atoms with Gasteiger partial charge in [-0.1, -0.05) is 46.8 Å². The van der Waals surface area contributed by atoms with Crippen molar-refractivity contribution in [3.05, 3.63) is 23.2 Å². The van der Waals surface area contributed by atoms with E-state index in [0.29, 0.717) is 5.02 Å². The van der Waals surface area contributed by atoms with Crippen LogP contribution in [0.4, 0.5) is 5.69 Å². The fourth-order valence-corrected chi connectivity index (χ4v) is 4.22. The second-order valence-electron chi connectivity index (χ2n) is 6.07. The fraction of sp³-hybridized carbons (Fsp3) is 0.562. The van der Waals surface area contributed by atoms with Gasteiger partial charge in [0.1, 0.15) is 5.75 Å². The Kier molecular flexibility index (Phi) is 4.46. The Morgan fingerprint density at radius 3 is 2.76 bits per heavy atom. The number of halogens is 2. The van der Waals surface area contributed by atoms with E-state index in [4.69, 9.17) is 16.3 Å². The summed E-state index contributed by atoms with van der Waals surface area (Å²) in [5.74, 6) is 0.773. The van der Waals surface area contributed by atoms with Crippen LogP contribution in [0.2, 0.25) is 5.02 Å². The maximum Gasteiger partial charge on any atom is 0.265 e. The van der Waals surface area contributed by atoms with Gasteiger partial charge in [0, 0.05) is 16.9 Å². The van der Waals surface area contributed by atoms with E-state index >= 15 is 0 Å². The fourth-order valence-electron chi connectivity index (χ4n) is 3.32. The van der Waals surface area contributed by atoms with Crippen molar-refractivity contribution in [3.8, 4) is 5.75 Å². The molecule has 0 spiro atoms. The Hall–Kier alpha value is -0.740. The summed E-state index contributed by atoms with van der Waals surface area (Å²) in [6, 6.07) is 5.48. The van der Waals surface area contributed by atoms with Gasteiger partial charge in [-0.3, -0.25) is 4.79 Å². The third kappa shape index (κ3) is 3.07. The van der Waals surface area contributed by atoms with Gasteiger partial charge in [0.05, 0.1) is 5.69 Å². The SMILES string of the molecule is O=C1COc2ccc(Cl)cc2N1CC1(CBr)CCCCC1. The number of anilines is 1. The number of amides is 1. The molecule has 1 amide bonds. The molecule has 5 heteroatoms. The predicted octanol–water partition coefficient (Wildman–Crippen LogP) is 4.41. The number of carbonyl (C=O) groups excluding carboxylic acids is 1. The van der Waals surface area contributed by atoms with E-state index in [0.717, 1.165) is 23.3 Å². The zero-order valence-corrected chi connectivity index (χ0v) is 14.3. The van der Waals surface area contributed by atoms with Crippen LogP contribution in [-0.4, -0.2) is 24.4 Å². The summed E-state index contributed by atoms with van der Waals surface area (Å²) in [6.07, 6.45) is 6.12. The summed E-state index contributed by atoms with van der Waals surface area (Å²) in [4.78, 5) is 14.2. The van der Waals surface area contributed by atoms with E-state index in [2.05, 4.69) is 15.9 Å². The van der Waals surface area contributed by atoms with Crippen molar-refractivity contribution >= 4 is 39.1 Å². The summed E-state index contributed by atoms with van der Waals surface area (Å²) < 4.78 is 5.52. The van der Waals surface area contributed by atoms with Crippen LogP contribution in [0.5, 0.6) is 5.75 Å². The lowest BCUT2D eigenvalue weighted by molar-refractivity contribution is -0.121. The van der Waals surface area contributed by atoms with Crippen LogP contribution in [0, 0.1) is 5.41 Å². The molecule has 1 aliphatic carbocycles. The molecule has 0 N–H and O–H groups in total. The number of ether oxygens (including phenoxy) is 1. The van der Waals surface area contributed by atoms with Crippen LogP contribution in [0.1, 0.15) is 32.1 Å². The minimum atomic E-state index is 0.0238. The Bertz CT molecular complexity index is 543. The summed E-state index contributed by atoms with van der Waals surface area (Å²) in [5, 5.41) is 1.56. The van der Waals surface area contributed by atoms with Crippen molar-refractivity contribution in [1.29, 1.82) is 0 Å². The summed E-state index contributed by atoms with van der Waals surface area (Å²) in [6.45, 7) is 0.862. The molecule has 0 radical (unpaired) electrons. The Labute approximate surface area is 138 Å². The standard InChI is InChI=1S/C16H19BrClNO2/c17-10-16(6-2-1-3-7-16)11-19-13-8-12(18)4-5-14(13)21-9-15(19)20/h4-5,8H,1-3,6-7,9-11H2. The van der Waals surface area contributed by atoms with E-state index in [-0.39, 0.29) is 17.9 Å². The lowest BCUT2D eigenvalue weighted by atomic mass is 9.75. The minimum Gasteiger partial charge on any atom is -0.482 e. The molecule has 0 unspecified atom stereocenters. The number of hydrogen-bond acceptors (Lipinski definition) is 2. The molecule has 0 bridgehead atoms. The zero-order chi connectivity index (χ0) is 14.9. The second kappa shape index (κ2) is 6.17. The third-order valence-electron chi connectivity index (χ3n) is 4.56. The second-order valence-corrected chi connectivity index (χ2v) is 7.07. The van der Waals surface area contributed by atoms with Gasteiger partial charge in [0.2, 0.25) is 0 Å². The Morgan fingerprint density at radius 1 is 1.29 bits per heavy atom. The number of benzene rings is 1.